The molecule has 5 nitrogen and oxygen atoms in total. The van der Waals surface area contributed by atoms with Crippen LogP contribution in [0.3, 0.4) is 0 Å². The highest BCUT2D eigenvalue weighted by Gasteiger charge is 2.26. The van der Waals surface area contributed by atoms with Gasteiger partial charge in [-0.25, -0.2) is 4.39 Å². The van der Waals surface area contributed by atoms with E-state index < -0.39 is 5.82 Å². The number of hydrogen-bond donors (Lipinski definition) is 2. The van der Waals surface area contributed by atoms with Gasteiger partial charge in [-0.15, -0.1) is 0 Å². The highest BCUT2D eigenvalue weighted by Crippen LogP contribution is 2.27. The molecule has 26 heavy (non-hydrogen) atoms. The molecule has 0 aliphatic carbocycles. The Bertz CT molecular complexity index is 794. The number of carbonyl (C=O) groups is 2. The molecule has 1 aliphatic rings. The van der Waals surface area contributed by atoms with Crippen LogP contribution in [-0.2, 0) is 16.0 Å². The summed E-state index contributed by atoms with van der Waals surface area (Å²) in [6.45, 7) is 0.469. The number of nitrogens with one attached hydrogen (secondary N) is 2. The molecule has 136 valence electrons. The van der Waals surface area contributed by atoms with Crippen LogP contribution in [0.15, 0.2) is 48.5 Å². The number of amides is 2. The van der Waals surface area contributed by atoms with E-state index in [-0.39, 0.29) is 43.1 Å². The highest BCUT2D eigenvalue weighted by atomic mass is 19.1. The second kappa shape index (κ2) is 8.47. The normalized spacial score (nSPS) is 15.7. The molecule has 1 unspecified atom stereocenters. The second-order valence-electron chi connectivity index (χ2n) is 6.21. The molecule has 2 aromatic rings. The van der Waals surface area contributed by atoms with Crippen molar-refractivity contribution in [2.45, 2.75) is 19.3 Å². The zero-order valence-corrected chi connectivity index (χ0v) is 14.3. The first-order valence-corrected chi connectivity index (χ1v) is 8.66. The Morgan fingerprint density at radius 3 is 2.81 bits per heavy atom. The van der Waals surface area contributed by atoms with E-state index in [1.165, 1.54) is 12.1 Å². The summed E-state index contributed by atoms with van der Waals surface area (Å²) in [6, 6.07) is 13.8. The van der Waals surface area contributed by atoms with Gasteiger partial charge in [0, 0.05) is 18.0 Å². The molecule has 1 heterocycles. The average Bonchev–Trinajstić information content (AvgIpc) is 2.65. The van der Waals surface area contributed by atoms with Gasteiger partial charge in [-0.2, -0.15) is 0 Å². The number of benzene rings is 2. The first-order chi connectivity index (χ1) is 12.6. The number of halogens is 1. The third kappa shape index (κ3) is 4.59. The molecule has 2 N–H and O–H groups in total. The lowest BCUT2D eigenvalue weighted by atomic mass is 9.89. The van der Waals surface area contributed by atoms with Crippen molar-refractivity contribution in [3.63, 3.8) is 0 Å². The molecule has 1 atom stereocenters. The van der Waals surface area contributed by atoms with E-state index in [4.69, 9.17) is 4.74 Å². The number of carbonyl (C=O) groups excluding carboxylic acids is 2. The van der Waals surface area contributed by atoms with Crippen LogP contribution in [0.1, 0.15) is 18.4 Å². The summed E-state index contributed by atoms with van der Waals surface area (Å²) in [5, 5.41) is 5.61. The Hall–Kier alpha value is -2.89. The molecule has 0 saturated carbocycles. The van der Waals surface area contributed by atoms with Gasteiger partial charge in [-0.05, 0) is 36.6 Å². The highest BCUT2D eigenvalue weighted by molar-refractivity contribution is 5.96. The van der Waals surface area contributed by atoms with E-state index in [2.05, 4.69) is 10.6 Å². The number of fused-ring (bicyclic) bond motifs is 1. The summed E-state index contributed by atoms with van der Waals surface area (Å²) >= 11 is 0. The third-order valence-corrected chi connectivity index (χ3v) is 4.35. The van der Waals surface area contributed by atoms with Gasteiger partial charge >= 0.3 is 0 Å². The van der Waals surface area contributed by atoms with Gasteiger partial charge in [0.25, 0.3) is 0 Å². The van der Waals surface area contributed by atoms with Crippen LogP contribution >= 0.6 is 0 Å². The fourth-order valence-corrected chi connectivity index (χ4v) is 2.95. The van der Waals surface area contributed by atoms with Crippen molar-refractivity contribution in [1.82, 2.24) is 5.32 Å². The largest absolute Gasteiger partial charge is 0.489 e. The topological polar surface area (TPSA) is 67.4 Å². The van der Waals surface area contributed by atoms with E-state index in [0.717, 1.165) is 11.3 Å². The lowest BCUT2D eigenvalue weighted by molar-refractivity contribution is -0.122. The maximum absolute atomic E-state index is 13.4. The van der Waals surface area contributed by atoms with Gasteiger partial charge in [-0.1, -0.05) is 30.3 Å². The van der Waals surface area contributed by atoms with Crippen molar-refractivity contribution in [3.05, 3.63) is 59.9 Å². The van der Waals surface area contributed by atoms with E-state index in [1.807, 2.05) is 24.3 Å². The number of ether oxygens (including phenoxy) is 1. The van der Waals surface area contributed by atoms with Crippen molar-refractivity contribution in [3.8, 4) is 5.75 Å². The minimum atomic E-state index is -0.428. The van der Waals surface area contributed by atoms with Gasteiger partial charge < -0.3 is 15.4 Å². The van der Waals surface area contributed by atoms with E-state index >= 15 is 0 Å². The summed E-state index contributed by atoms with van der Waals surface area (Å²) in [5.74, 6) is -0.653. The summed E-state index contributed by atoms with van der Waals surface area (Å²) in [5.41, 5.74) is 1.94. The molecule has 2 amide bonds. The van der Waals surface area contributed by atoms with Gasteiger partial charge in [0.15, 0.2) is 11.6 Å². The second-order valence-corrected chi connectivity index (χ2v) is 6.21. The summed E-state index contributed by atoms with van der Waals surface area (Å²) in [7, 11) is 0. The Labute approximate surface area is 151 Å². The minimum Gasteiger partial charge on any atom is -0.489 e. The summed E-state index contributed by atoms with van der Waals surface area (Å²) in [6.07, 6.45) is 1.39. The van der Waals surface area contributed by atoms with Crippen LogP contribution in [-0.4, -0.2) is 25.0 Å². The Balaban J connectivity index is 1.38. The molecule has 0 aromatic heterocycles. The van der Waals surface area contributed by atoms with Crippen molar-refractivity contribution < 1.29 is 18.7 Å². The van der Waals surface area contributed by atoms with Gasteiger partial charge in [-0.3, -0.25) is 9.59 Å². The fourth-order valence-electron chi connectivity index (χ4n) is 2.95. The summed E-state index contributed by atoms with van der Waals surface area (Å²) in [4.78, 5) is 24.1. The van der Waals surface area contributed by atoms with E-state index in [1.54, 1.807) is 12.1 Å². The van der Waals surface area contributed by atoms with Gasteiger partial charge in [0.1, 0.15) is 6.61 Å². The average molecular weight is 356 g/mol. The molecule has 6 heteroatoms. The molecule has 0 bridgehead atoms. The van der Waals surface area contributed by atoms with Gasteiger partial charge in [0.2, 0.25) is 11.8 Å². The van der Waals surface area contributed by atoms with Crippen LogP contribution < -0.4 is 15.4 Å². The van der Waals surface area contributed by atoms with Crippen molar-refractivity contribution in [1.29, 1.82) is 0 Å². The zero-order chi connectivity index (χ0) is 18.4. The maximum Gasteiger partial charge on any atom is 0.227 e. The molecule has 3 rings (SSSR count). The quantitative estimate of drug-likeness (QED) is 0.750. The first kappa shape index (κ1) is 17.9. The number of anilines is 1. The van der Waals surface area contributed by atoms with Crippen LogP contribution in [0, 0.1) is 11.7 Å². The number of rotatable bonds is 7. The monoisotopic (exact) mass is 356 g/mol. The SMILES string of the molecule is O=C(CCC1Cc2ccccc2NC1=O)NCCOc1ccccc1F. The molecule has 1 aliphatic heterocycles. The van der Waals surface area contributed by atoms with Crippen molar-refractivity contribution in [2.24, 2.45) is 5.92 Å². The van der Waals surface area contributed by atoms with Gasteiger partial charge in [0.05, 0.1) is 6.54 Å². The smallest absolute Gasteiger partial charge is 0.227 e. The molecular weight excluding hydrogens is 335 g/mol. The maximum atomic E-state index is 13.4. The lowest BCUT2D eigenvalue weighted by Gasteiger charge is -2.24. The van der Waals surface area contributed by atoms with Crippen LogP contribution in [0.2, 0.25) is 0 Å². The Morgan fingerprint density at radius 2 is 1.96 bits per heavy atom. The van der Waals surface area contributed by atoms with Crippen LogP contribution in [0.25, 0.3) is 0 Å². The van der Waals surface area contributed by atoms with Crippen molar-refractivity contribution in [2.75, 3.05) is 18.5 Å². The predicted octanol–water partition coefficient (Wildman–Crippen LogP) is 2.91. The predicted molar refractivity (Wildman–Crippen MR) is 96.4 cm³/mol. The van der Waals surface area contributed by atoms with Crippen molar-refractivity contribution >= 4 is 17.5 Å². The molecular formula is C20H21FN2O3. The summed E-state index contributed by atoms with van der Waals surface area (Å²) < 4.78 is 18.7. The molecule has 0 saturated heterocycles. The van der Waals surface area contributed by atoms with Crippen LogP contribution in [0.5, 0.6) is 5.75 Å². The molecule has 0 fully saturated rings. The number of para-hydroxylation sites is 2. The Morgan fingerprint density at radius 1 is 1.19 bits per heavy atom. The van der Waals surface area contributed by atoms with E-state index in [0.29, 0.717) is 12.8 Å². The Kier molecular flexibility index (Phi) is 5.84. The fraction of sp³-hybridized carbons (Fsp3) is 0.300. The minimum absolute atomic E-state index is 0.0422. The molecule has 2 aromatic carbocycles. The third-order valence-electron chi connectivity index (χ3n) is 4.35. The molecule has 0 spiro atoms. The standard InChI is InChI=1S/C20H21FN2O3/c21-16-6-2-4-8-18(16)26-12-11-22-19(24)10-9-15-13-14-5-1-3-7-17(14)23-20(15)25/h1-8,15H,9-13H2,(H,22,24)(H,23,25). The first-order valence-electron chi connectivity index (χ1n) is 8.66. The zero-order valence-electron chi connectivity index (χ0n) is 14.3. The number of hydrogen-bond acceptors (Lipinski definition) is 3. The lowest BCUT2D eigenvalue weighted by Crippen LogP contribution is -2.32. The van der Waals surface area contributed by atoms with E-state index in [9.17, 15) is 14.0 Å². The molecule has 0 radical (unpaired) electrons. The van der Waals surface area contributed by atoms with Crippen LogP contribution in [0.4, 0.5) is 10.1 Å².